The summed E-state index contributed by atoms with van der Waals surface area (Å²) in [5, 5.41) is 0. The molecular formula is C10H21OPS2. The Hall–Kier alpha value is 0.670. The van der Waals surface area contributed by atoms with E-state index in [4.69, 9.17) is 0 Å². The van der Waals surface area contributed by atoms with Crippen LogP contribution in [0.15, 0.2) is 9.81 Å². The van der Waals surface area contributed by atoms with E-state index >= 15 is 0 Å². The molecule has 0 fully saturated rings. The molecule has 0 saturated carbocycles. The Kier molecular flexibility index (Phi) is 7.36. The molecule has 0 N–H and O–H groups in total. The van der Waals surface area contributed by atoms with E-state index in [1.54, 1.807) is 11.4 Å². The molecule has 0 atom stereocenters. The van der Waals surface area contributed by atoms with Crippen LogP contribution in [0.2, 0.25) is 0 Å². The molecule has 14 heavy (non-hydrogen) atoms. The molecule has 0 aliphatic rings. The maximum absolute atomic E-state index is 12.3. The minimum atomic E-state index is -1.98. The molecule has 0 spiro atoms. The molecule has 0 unspecified atom stereocenters. The van der Waals surface area contributed by atoms with Crippen LogP contribution < -0.4 is 0 Å². The Morgan fingerprint density at radius 2 is 1.64 bits per heavy atom. The van der Waals surface area contributed by atoms with Crippen LogP contribution in [0.1, 0.15) is 34.6 Å². The van der Waals surface area contributed by atoms with Crippen molar-refractivity contribution in [3.8, 4) is 0 Å². The van der Waals surface area contributed by atoms with Crippen molar-refractivity contribution in [1.82, 2.24) is 0 Å². The lowest BCUT2D eigenvalue weighted by Gasteiger charge is -2.16. The summed E-state index contributed by atoms with van der Waals surface area (Å²) in [4.78, 5) is 0. The summed E-state index contributed by atoms with van der Waals surface area (Å²) in [7, 11) is 0. The summed E-state index contributed by atoms with van der Waals surface area (Å²) in [6, 6.07) is 0. The Balaban J connectivity index is 4.60. The normalized spacial score (nSPS) is 11.5. The first-order chi connectivity index (χ1) is 6.49. The summed E-state index contributed by atoms with van der Waals surface area (Å²) in [6.45, 7) is 10.4. The van der Waals surface area contributed by atoms with E-state index in [1.165, 1.54) is 9.81 Å². The first-order valence-electron chi connectivity index (χ1n) is 5.07. The van der Waals surface area contributed by atoms with Crippen molar-refractivity contribution in [2.75, 3.05) is 18.1 Å². The second-order valence-electron chi connectivity index (χ2n) is 3.26. The monoisotopic (exact) mass is 252 g/mol. The van der Waals surface area contributed by atoms with Crippen LogP contribution in [0, 0.1) is 0 Å². The number of allylic oxidation sites excluding steroid dienone is 1. The van der Waals surface area contributed by atoms with Crippen molar-refractivity contribution >= 4 is 29.5 Å². The minimum absolute atomic E-state index is 0.801. The van der Waals surface area contributed by atoms with Gasteiger partial charge in [0.1, 0.15) is 6.34 Å². The molecule has 0 aromatic heterocycles. The highest BCUT2D eigenvalue weighted by Gasteiger charge is 2.20. The van der Waals surface area contributed by atoms with Gasteiger partial charge in [0.25, 0.3) is 0 Å². The number of thioether (sulfide) groups is 1. The topological polar surface area (TPSA) is 17.1 Å². The lowest BCUT2D eigenvalue weighted by Crippen LogP contribution is -1.86. The van der Waals surface area contributed by atoms with E-state index in [0.717, 1.165) is 18.1 Å². The third-order valence-electron chi connectivity index (χ3n) is 1.90. The van der Waals surface area contributed by atoms with E-state index in [2.05, 4.69) is 20.8 Å². The molecule has 0 aromatic carbocycles. The van der Waals surface area contributed by atoms with Crippen LogP contribution in [0.5, 0.6) is 0 Å². The van der Waals surface area contributed by atoms with Crippen molar-refractivity contribution in [1.29, 1.82) is 0 Å². The molecule has 0 saturated heterocycles. The predicted octanol–water partition coefficient (Wildman–Crippen LogP) is 5.04. The van der Waals surface area contributed by atoms with Gasteiger partial charge in [-0.05, 0) is 19.6 Å². The molecule has 0 amide bonds. The average molecular weight is 252 g/mol. The Morgan fingerprint density at radius 1 is 1.14 bits per heavy atom. The smallest absolute Gasteiger partial charge is 0.143 e. The molecule has 0 aromatic rings. The molecular weight excluding hydrogens is 231 g/mol. The summed E-state index contributed by atoms with van der Waals surface area (Å²) < 4.78 is 13.5. The minimum Gasteiger partial charge on any atom is -0.312 e. The van der Waals surface area contributed by atoms with Crippen LogP contribution in [0.25, 0.3) is 0 Å². The SMILES string of the molecule is CCSC(SP(=O)(CC)CC)=C(C)C. The molecule has 0 aliphatic heterocycles. The zero-order chi connectivity index (χ0) is 11.2. The average Bonchev–Trinajstić information content (AvgIpc) is 2.17. The van der Waals surface area contributed by atoms with E-state index in [-0.39, 0.29) is 0 Å². The van der Waals surface area contributed by atoms with Gasteiger partial charge in [-0.3, -0.25) is 0 Å². The summed E-state index contributed by atoms with van der Waals surface area (Å²) in [6.07, 6.45) is -0.381. The van der Waals surface area contributed by atoms with Crippen LogP contribution in [-0.2, 0) is 4.57 Å². The molecule has 0 bridgehead atoms. The van der Waals surface area contributed by atoms with Gasteiger partial charge in [-0.2, -0.15) is 0 Å². The number of hydrogen-bond acceptors (Lipinski definition) is 3. The second kappa shape index (κ2) is 7.03. The first kappa shape index (κ1) is 14.7. The molecule has 0 radical (unpaired) electrons. The molecule has 0 heterocycles. The summed E-state index contributed by atoms with van der Waals surface area (Å²) in [5.74, 6) is 1.06. The maximum Gasteiger partial charge on any atom is 0.143 e. The largest absolute Gasteiger partial charge is 0.312 e. The fraction of sp³-hybridized carbons (Fsp3) is 0.800. The Bertz CT molecular complexity index is 237. The van der Waals surface area contributed by atoms with E-state index in [1.807, 2.05) is 25.6 Å². The van der Waals surface area contributed by atoms with Crippen LogP contribution in [-0.4, -0.2) is 18.1 Å². The summed E-state index contributed by atoms with van der Waals surface area (Å²) in [5.41, 5.74) is 1.30. The van der Waals surface area contributed by atoms with Crippen LogP contribution >= 0.6 is 29.5 Å². The number of rotatable bonds is 6. The van der Waals surface area contributed by atoms with E-state index in [9.17, 15) is 4.57 Å². The highest BCUT2D eigenvalue weighted by Crippen LogP contribution is 2.63. The predicted molar refractivity (Wildman–Crippen MR) is 72.8 cm³/mol. The van der Waals surface area contributed by atoms with E-state index in [0.29, 0.717) is 0 Å². The van der Waals surface area contributed by atoms with Crippen molar-refractivity contribution in [3.63, 3.8) is 0 Å². The molecule has 0 rings (SSSR count). The fourth-order valence-corrected chi connectivity index (χ4v) is 7.13. The lowest BCUT2D eigenvalue weighted by atomic mass is 10.4. The highest BCUT2D eigenvalue weighted by atomic mass is 32.7. The van der Waals surface area contributed by atoms with Gasteiger partial charge in [0.05, 0.1) is 0 Å². The maximum atomic E-state index is 12.3. The van der Waals surface area contributed by atoms with E-state index < -0.39 is 6.34 Å². The standard InChI is InChI=1S/C10H21OPS2/c1-6-12(11,7-2)14-10(9(4)5)13-8-3/h6-8H2,1-5H3. The quantitative estimate of drug-likeness (QED) is 0.616. The Labute approximate surface area is 96.6 Å². The van der Waals surface area contributed by atoms with Gasteiger partial charge in [-0.25, -0.2) is 0 Å². The third-order valence-corrected chi connectivity index (χ3v) is 9.76. The van der Waals surface area contributed by atoms with Crippen molar-refractivity contribution in [2.24, 2.45) is 0 Å². The summed E-state index contributed by atoms with van der Waals surface area (Å²) >= 11 is 3.44. The van der Waals surface area contributed by atoms with Crippen LogP contribution in [0.4, 0.5) is 0 Å². The van der Waals surface area contributed by atoms with Gasteiger partial charge < -0.3 is 4.57 Å². The third kappa shape index (κ3) is 4.95. The highest BCUT2D eigenvalue weighted by molar-refractivity contribution is 8.63. The van der Waals surface area contributed by atoms with Gasteiger partial charge >= 0.3 is 0 Å². The zero-order valence-electron chi connectivity index (χ0n) is 9.79. The Morgan fingerprint density at radius 3 is 1.93 bits per heavy atom. The zero-order valence-corrected chi connectivity index (χ0v) is 12.3. The van der Waals surface area contributed by atoms with Crippen molar-refractivity contribution < 1.29 is 4.57 Å². The molecule has 1 nitrogen and oxygen atoms in total. The van der Waals surface area contributed by atoms with Crippen molar-refractivity contribution in [2.45, 2.75) is 34.6 Å². The molecule has 84 valence electrons. The fourth-order valence-electron chi connectivity index (χ4n) is 0.897. The first-order valence-corrected chi connectivity index (χ1v) is 9.55. The number of hydrogen-bond donors (Lipinski definition) is 0. The van der Waals surface area contributed by atoms with Gasteiger partial charge in [-0.15, -0.1) is 11.8 Å². The second-order valence-corrected chi connectivity index (χ2v) is 10.8. The van der Waals surface area contributed by atoms with Crippen LogP contribution in [0.3, 0.4) is 0 Å². The van der Waals surface area contributed by atoms with Gasteiger partial charge in [0.15, 0.2) is 0 Å². The lowest BCUT2D eigenvalue weighted by molar-refractivity contribution is 0.586. The van der Waals surface area contributed by atoms with Gasteiger partial charge in [0, 0.05) is 16.6 Å². The van der Waals surface area contributed by atoms with Gasteiger partial charge in [0.2, 0.25) is 0 Å². The van der Waals surface area contributed by atoms with Crippen molar-refractivity contribution in [3.05, 3.63) is 9.81 Å². The molecule has 0 aliphatic carbocycles. The molecule has 4 heteroatoms. The van der Waals surface area contributed by atoms with Gasteiger partial charge in [-0.1, -0.05) is 37.7 Å².